The SMILES string of the molecule is CCc1cccc(C)c1NC(=O)COc1ccccc1NC(C)=O. The number of nitrogens with one attached hydrogen (secondary N) is 2. The van der Waals surface area contributed by atoms with Crippen molar-refractivity contribution in [1.29, 1.82) is 0 Å². The summed E-state index contributed by atoms with van der Waals surface area (Å²) in [6.45, 7) is 5.30. The molecule has 2 aromatic carbocycles. The van der Waals surface area contributed by atoms with E-state index in [4.69, 9.17) is 4.74 Å². The summed E-state index contributed by atoms with van der Waals surface area (Å²) < 4.78 is 5.56. The van der Waals surface area contributed by atoms with E-state index in [0.717, 1.165) is 23.2 Å². The summed E-state index contributed by atoms with van der Waals surface area (Å²) in [5, 5.41) is 5.59. The molecule has 2 aromatic rings. The Morgan fingerprint density at radius 2 is 1.79 bits per heavy atom. The highest BCUT2D eigenvalue weighted by Gasteiger charge is 2.11. The van der Waals surface area contributed by atoms with Crippen molar-refractivity contribution in [3.8, 4) is 5.75 Å². The van der Waals surface area contributed by atoms with Gasteiger partial charge in [-0.25, -0.2) is 0 Å². The van der Waals surface area contributed by atoms with Crippen LogP contribution in [0.5, 0.6) is 5.75 Å². The van der Waals surface area contributed by atoms with E-state index in [2.05, 4.69) is 10.6 Å². The molecule has 0 aliphatic rings. The Hall–Kier alpha value is -2.82. The first-order valence-corrected chi connectivity index (χ1v) is 7.89. The molecule has 2 rings (SSSR count). The summed E-state index contributed by atoms with van der Waals surface area (Å²) in [5.74, 6) is 0.0305. The predicted octanol–water partition coefficient (Wildman–Crippen LogP) is 3.53. The number of rotatable bonds is 6. The molecule has 0 heterocycles. The zero-order valence-electron chi connectivity index (χ0n) is 14.2. The molecule has 0 spiro atoms. The van der Waals surface area contributed by atoms with Crippen LogP contribution in [-0.2, 0) is 16.0 Å². The number of anilines is 2. The molecule has 0 unspecified atom stereocenters. The van der Waals surface area contributed by atoms with E-state index in [-0.39, 0.29) is 18.4 Å². The number of para-hydroxylation sites is 3. The van der Waals surface area contributed by atoms with Crippen LogP contribution in [0.3, 0.4) is 0 Å². The van der Waals surface area contributed by atoms with Gasteiger partial charge in [0, 0.05) is 12.6 Å². The monoisotopic (exact) mass is 326 g/mol. The molecule has 0 aliphatic carbocycles. The lowest BCUT2D eigenvalue weighted by Gasteiger charge is -2.14. The third-order valence-electron chi connectivity index (χ3n) is 3.56. The van der Waals surface area contributed by atoms with Gasteiger partial charge in [0.15, 0.2) is 6.61 Å². The molecule has 0 radical (unpaired) electrons. The van der Waals surface area contributed by atoms with Crippen LogP contribution in [0.15, 0.2) is 42.5 Å². The van der Waals surface area contributed by atoms with Crippen molar-refractivity contribution in [1.82, 2.24) is 0 Å². The van der Waals surface area contributed by atoms with Crippen LogP contribution >= 0.6 is 0 Å². The van der Waals surface area contributed by atoms with Crippen molar-refractivity contribution in [3.63, 3.8) is 0 Å². The number of amides is 2. The Morgan fingerprint density at radius 1 is 1.04 bits per heavy atom. The summed E-state index contributed by atoms with van der Waals surface area (Å²) in [6.07, 6.45) is 0.837. The number of hydrogen-bond donors (Lipinski definition) is 2. The van der Waals surface area contributed by atoms with Crippen LogP contribution < -0.4 is 15.4 Å². The maximum absolute atomic E-state index is 12.2. The summed E-state index contributed by atoms with van der Waals surface area (Å²) in [7, 11) is 0. The number of hydrogen-bond acceptors (Lipinski definition) is 3. The fraction of sp³-hybridized carbons (Fsp3) is 0.263. The highest BCUT2D eigenvalue weighted by atomic mass is 16.5. The van der Waals surface area contributed by atoms with E-state index in [0.29, 0.717) is 11.4 Å². The standard InChI is InChI=1S/C19H22N2O3/c1-4-15-9-7-8-13(2)19(15)21-18(23)12-24-17-11-6-5-10-16(17)20-14(3)22/h5-11H,4,12H2,1-3H3,(H,20,22)(H,21,23). The average molecular weight is 326 g/mol. The number of ether oxygens (including phenoxy) is 1. The largest absolute Gasteiger partial charge is 0.482 e. The number of carbonyl (C=O) groups excluding carboxylic acids is 2. The minimum Gasteiger partial charge on any atom is -0.482 e. The third kappa shape index (κ3) is 4.59. The summed E-state index contributed by atoms with van der Waals surface area (Å²) in [6, 6.07) is 12.9. The van der Waals surface area contributed by atoms with Gasteiger partial charge in [-0.15, -0.1) is 0 Å². The summed E-state index contributed by atoms with van der Waals surface area (Å²) >= 11 is 0. The number of aryl methyl sites for hydroxylation is 2. The van der Waals surface area contributed by atoms with Crippen LogP contribution in [0.4, 0.5) is 11.4 Å². The normalized spacial score (nSPS) is 10.1. The second kappa shape index (κ2) is 8.15. The van der Waals surface area contributed by atoms with Crippen LogP contribution in [0.1, 0.15) is 25.0 Å². The highest BCUT2D eigenvalue weighted by Crippen LogP contribution is 2.24. The fourth-order valence-corrected chi connectivity index (χ4v) is 2.41. The van der Waals surface area contributed by atoms with Crippen LogP contribution in [0.2, 0.25) is 0 Å². The first-order chi connectivity index (χ1) is 11.5. The minimum atomic E-state index is -0.239. The second-order valence-electron chi connectivity index (χ2n) is 5.48. The smallest absolute Gasteiger partial charge is 0.262 e. The van der Waals surface area contributed by atoms with E-state index in [1.807, 2.05) is 32.0 Å². The summed E-state index contributed by atoms with van der Waals surface area (Å²) in [4.78, 5) is 23.4. The number of benzene rings is 2. The highest BCUT2D eigenvalue weighted by molar-refractivity contribution is 5.94. The van der Waals surface area contributed by atoms with Gasteiger partial charge in [-0.3, -0.25) is 9.59 Å². The van der Waals surface area contributed by atoms with Crippen molar-refractivity contribution in [2.75, 3.05) is 17.2 Å². The first-order valence-electron chi connectivity index (χ1n) is 7.89. The topological polar surface area (TPSA) is 67.4 Å². The van der Waals surface area contributed by atoms with Crippen molar-refractivity contribution in [3.05, 3.63) is 53.6 Å². The van der Waals surface area contributed by atoms with Crippen molar-refractivity contribution < 1.29 is 14.3 Å². The quantitative estimate of drug-likeness (QED) is 0.853. The lowest BCUT2D eigenvalue weighted by Crippen LogP contribution is -2.22. The van der Waals surface area contributed by atoms with Gasteiger partial charge in [0.25, 0.3) is 5.91 Å². The maximum Gasteiger partial charge on any atom is 0.262 e. The van der Waals surface area contributed by atoms with Gasteiger partial charge >= 0.3 is 0 Å². The second-order valence-corrected chi connectivity index (χ2v) is 5.48. The lowest BCUT2D eigenvalue weighted by atomic mass is 10.1. The van der Waals surface area contributed by atoms with E-state index in [1.165, 1.54) is 6.92 Å². The van der Waals surface area contributed by atoms with Gasteiger partial charge in [-0.1, -0.05) is 37.3 Å². The third-order valence-corrected chi connectivity index (χ3v) is 3.56. The molecule has 5 heteroatoms. The molecule has 2 amide bonds. The van der Waals surface area contributed by atoms with Gasteiger partial charge < -0.3 is 15.4 Å². The molecule has 0 atom stereocenters. The molecule has 5 nitrogen and oxygen atoms in total. The van der Waals surface area contributed by atoms with Crippen molar-refractivity contribution >= 4 is 23.2 Å². The Balaban J connectivity index is 2.03. The Morgan fingerprint density at radius 3 is 2.50 bits per heavy atom. The molecule has 0 bridgehead atoms. The van der Waals surface area contributed by atoms with E-state index in [1.54, 1.807) is 24.3 Å². The summed E-state index contributed by atoms with van der Waals surface area (Å²) in [5.41, 5.74) is 3.48. The molecule has 0 fully saturated rings. The predicted molar refractivity (Wildman–Crippen MR) is 95.4 cm³/mol. The molecule has 0 aliphatic heterocycles. The Kier molecular flexibility index (Phi) is 5.95. The Bertz CT molecular complexity index is 741. The molecule has 0 saturated heterocycles. The number of carbonyl (C=O) groups is 2. The average Bonchev–Trinajstić information content (AvgIpc) is 2.55. The molecular formula is C19H22N2O3. The van der Waals surface area contributed by atoms with E-state index < -0.39 is 0 Å². The lowest BCUT2D eigenvalue weighted by molar-refractivity contribution is -0.118. The van der Waals surface area contributed by atoms with Crippen molar-refractivity contribution in [2.24, 2.45) is 0 Å². The molecule has 0 saturated carbocycles. The molecular weight excluding hydrogens is 304 g/mol. The van der Waals surface area contributed by atoms with Gasteiger partial charge in [0.05, 0.1) is 5.69 Å². The molecule has 2 N–H and O–H groups in total. The van der Waals surface area contributed by atoms with Crippen LogP contribution in [0.25, 0.3) is 0 Å². The van der Waals surface area contributed by atoms with Crippen molar-refractivity contribution in [2.45, 2.75) is 27.2 Å². The van der Waals surface area contributed by atoms with E-state index in [9.17, 15) is 9.59 Å². The zero-order chi connectivity index (χ0) is 17.5. The molecule has 126 valence electrons. The van der Waals surface area contributed by atoms with E-state index >= 15 is 0 Å². The van der Waals surface area contributed by atoms with Gasteiger partial charge in [0.2, 0.25) is 5.91 Å². The molecule has 24 heavy (non-hydrogen) atoms. The minimum absolute atomic E-state index is 0.131. The van der Waals surface area contributed by atoms with Crippen LogP contribution in [0, 0.1) is 6.92 Å². The molecule has 0 aromatic heterocycles. The van der Waals surface area contributed by atoms with Gasteiger partial charge in [0.1, 0.15) is 5.75 Å². The van der Waals surface area contributed by atoms with Gasteiger partial charge in [-0.05, 0) is 36.6 Å². The first kappa shape index (κ1) is 17.5. The Labute approximate surface area is 142 Å². The van der Waals surface area contributed by atoms with Crippen LogP contribution in [-0.4, -0.2) is 18.4 Å². The maximum atomic E-state index is 12.2. The van der Waals surface area contributed by atoms with Gasteiger partial charge in [-0.2, -0.15) is 0 Å². The zero-order valence-corrected chi connectivity index (χ0v) is 14.2. The fourth-order valence-electron chi connectivity index (χ4n) is 2.41.